The zero-order chi connectivity index (χ0) is 14.7. The molecule has 0 saturated heterocycles. The minimum absolute atomic E-state index is 0.0573. The van der Waals surface area contributed by atoms with Crippen LogP contribution in [0.15, 0.2) is 9.95 Å². The van der Waals surface area contributed by atoms with Crippen molar-refractivity contribution in [2.45, 2.75) is 38.8 Å². The van der Waals surface area contributed by atoms with Gasteiger partial charge < -0.3 is 10.1 Å². The maximum atomic E-state index is 12.3. The topological polar surface area (TPSA) is 66.0 Å². The number of aromatic amines is 1. The lowest BCUT2D eigenvalue weighted by molar-refractivity contribution is 0.322. The smallest absolute Gasteiger partial charge is 0.260 e. The monoisotopic (exact) mass is 312 g/mol. The first kappa shape index (κ1) is 15.5. The molecule has 0 saturated carbocycles. The number of hydrogen-bond donors (Lipinski definition) is 2. The summed E-state index contributed by atoms with van der Waals surface area (Å²) < 4.78 is 0. The molecule has 0 spiro atoms. The lowest BCUT2D eigenvalue weighted by Crippen LogP contribution is -2.11. The highest BCUT2D eigenvalue weighted by molar-refractivity contribution is 7.99. The molecule has 2 heterocycles. The van der Waals surface area contributed by atoms with Gasteiger partial charge in [0.15, 0.2) is 5.16 Å². The Morgan fingerprint density at radius 3 is 2.90 bits per heavy atom. The summed E-state index contributed by atoms with van der Waals surface area (Å²) in [5.74, 6) is 1.10. The second-order valence-electron chi connectivity index (χ2n) is 4.98. The molecule has 2 aromatic rings. The predicted octanol–water partition coefficient (Wildman–Crippen LogP) is 2.97. The molecule has 0 aliphatic carbocycles. The van der Waals surface area contributed by atoms with Crippen LogP contribution in [-0.4, -0.2) is 27.4 Å². The number of aliphatic hydroxyl groups is 1. The van der Waals surface area contributed by atoms with Gasteiger partial charge in [-0.1, -0.05) is 32.0 Å². The number of hydrogen-bond acceptors (Lipinski definition) is 5. The molecule has 2 aromatic heterocycles. The van der Waals surface area contributed by atoms with Crippen LogP contribution in [0.2, 0.25) is 0 Å². The molecule has 0 fully saturated rings. The number of thiophene rings is 1. The number of H-pyrrole nitrogens is 1. The first-order chi connectivity index (χ1) is 9.56. The highest BCUT2D eigenvalue weighted by Gasteiger charge is 2.16. The highest BCUT2D eigenvalue weighted by atomic mass is 32.2. The molecule has 0 aromatic carbocycles. The third kappa shape index (κ3) is 3.24. The second kappa shape index (κ2) is 6.74. The van der Waals surface area contributed by atoms with E-state index in [0.717, 1.165) is 28.6 Å². The average Bonchev–Trinajstić information content (AvgIpc) is 2.73. The molecule has 4 nitrogen and oxygen atoms in total. The zero-order valence-electron chi connectivity index (χ0n) is 12.0. The van der Waals surface area contributed by atoms with Crippen molar-refractivity contribution in [1.29, 1.82) is 0 Å². The third-order valence-electron chi connectivity index (χ3n) is 3.42. The molecule has 0 amide bonds. The van der Waals surface area contributed by atoms with E-state index < -0.39 is 0 Å². The maximum absolute atomic E-state index is 12.3. The van der Waals surface area contributed by atoms with E-state index in [9.17, 15) is 4.79 Å². The number of nitrogens with one attached hydrogen (secondary N) is 1. The quantitative estimate of drug-likeness (QED) is 0.636. The minimum Gasteiger partial charge on any atom is -0.396 e. The van der Waals surface area contributed by atoms with E-state index in [0.29, 0.717) is 16.8 Å². The van der Waals surface area contributed by atoms with Crippen molar-refractivity contribution in [2.75, 3.05) is 12.4 Å². The van der Waals surface area contributed by atoms with E-state index in [1.807, 2.05) is 0 Å². The molecule has 2 rings (SSSR count). The summed E-state index contributed by atoms with van der Waals surface area (Å²) >= 11 is 2.96. The normalized spacial score (nSPS) is 13.0. The van der Waals surface area contributed by atoms with Gasteiger partial charge >= 0.3 is 0 Å². The summed E-state index contributed by atoms with van der Waals surface area (Å²) in [6, 6.07) is 0. The Morgan fingerprint density at radius 1 is 1.50 bits per heavy atom. The molecular formula is C14H20N2O2S2. The Bertz CT molecular complexity index is 648. The summed E-state index contributed by atoms with van der Waals surface area (Å²) in [7, 11) is 0. The molecule has 110 valence electrons. The number of thioether (sulfide) groups is 1. The van der Waals surface area contributed by atoms with Gasteiger partial charge in [0.25, 0.3) is 5.56 Å². The zero-order valence-corrected chi connectivity index (χ0v) is 13.7. The Kier molecular flexibility index (Phi) is 5.23. The van der Waals surface area contributed by atoms with E-state index in [4.69, 9.17) is 5.11 Å². The molecule has 0 aliphatic heterocycles. The molecule has 6 heteroatoms. The van der Waals surface area contributed by atoms with Crippen LogP contribution in [0.5, 0.6) is 0 Å². The largest absolute Gasteiger partial charge is 0.396 e. The molecule has 0 aliphatic rings. The number of rotatable bonds is 6. The van der Waals surface area contributed by atoms with E-state index in [2.05, 4.69) is 30.7 Å². The molecule has 20 heavy (non-hydrogen) atoms. The number of aromatic nitrogens is 2. The van der Waals surface area contributed by atoms with Crippen molar-refractivity contribution in [3.63, 3.8) is 0 Å². The summed E-state index contributed by atoms with van der Waals surface area (Å²) in [5.41, 5.74) is 1.09. The van der Waals surface area contributed by atoms with Gasteiger partial charge in [0.05, 0.1) is 12.0 Å². The number of fused-ring (bicyclic) bond motifs is 1. The fourth-order valence-corrected chi connectivity index (χ4v) is 3.82. The third-order valence-corrected chi connectivity index (χ3v) is 5.32. The van der Waals surface area contributed by atoms with Crippen LogP contribution in [0.25, 0.3) is 10.2 Å². The number of aliphatic hydroxyl groups excluding tert-OH is 1. The maximum Gasteiger partial charge on any atom is 0.260 e. The average molecular weight is 312 g/mol. The molecule has 2 N–H and O–H groups in total. The molecule has 0 bridgehead atoms. The fourth-order valence-electron chi connectivity index (χ4n) is 2.10. The van der Waals surface area contributed by atoms with E-state index in [-0.39, 0.29) is 12.2 Å². The van der Waals surface area contributed by atoms with Crippen molar-refractivity contribution in [2.24, 2.45) is 5.92 Å². The van der Waals surface area contributed by atoms with Gasteiger partial charge in [-0.05, 0) is 24.8 Å². The Balaban J connectivity index is 2.46. The number of aryl methyl sites for hydroxylation is 1. The van der Waals surface area contributed by atoms with Crippen molar-refractivity contribution < 1.29 is 5.11 Å². The second-order valence-corrected chi connectivity index (χ2v) is 7.26. The van der Waals surface area contributed by atoms with Gasteiger partial charge in [0, 0.05) is 10.6 Å². The summed E-state index contributed by atoms with van der Waals surface area (Å²) in [6.07, 6.45) is 2.03. The standard InChI is InChI=1S/C14H20N2O2S2/c1-4-8(2)7-10-9(3)20-13-11(10)12(18)15-14(16-13)19-6-5-17/h8,17H,4-7H2,1-3H3,(H,15,16,18)/t8-/m1/s1. The summed E-state index contributed by atoms with van der Waals surface area (Å²) in [5, 5.41) is 10.2. The highest BCUT2D eigenvalue weighted by Crippen LogP contribution is 2.30. The van der Waals surface area contributed by atoms with Gasteiger partial charge in [0.2, 0.25) is 0 Å². The van der Waals surface area contributed by atoms with E-state index in [1.165, 1.54) is 16.6 Å². The number of nitrogens with zero attached hydrogens (tertiary/aromatic N) is 1. The van der Waals surface area contributed by atoms with Crippen LogP contribution in [0, 0.1) is 12.8 Å². The van der Waals surface area contributed by atoms with E-state index >= 15 is 0 Å². The predicted molar refractivity (Wildman–Crippen MR) is 85.9 cm³/mol. The molecular weight excluding hydrogens is 292 g/mol. The van der Waals surface area contributed by atoms with Gasteiger partial charge in [-0.2, -0.15) is 0 Å². The minimum atomic E-state index is -0.0573. The first-order valence-electron chi connectivity index (χ1n) is 6.82. The Hall–Kier alpha value is -0.850. The van der Waals surface area contributed by atoms with Gasteiger partial charge in [-0.3, -0.25) is 4.79 Å². The summed E-state index contributed by atoms with van der Waals surface area (Å²) in [4.78, 5) is 21.6. The van der Waals surface area contributed by atoms with Crippen molar-refractivity contribution >= 4 is 33.3 Å². The molecule has 1 atom stereocenters. The summed E-state index contributed by atoms with van der Waals surface area (Å²) in [6.45, 7) is 6.51. The van der Waals surface area contributed by atoms with Crippen LogP contribution in [0.4, 0.5) is 0 Å². The Labute approximate surface area is 126 Å². The van der Waals surface area contributed by atoms with Crippen molar-refractivity contribution in [3.8, 4) is 0 Å². The van der Waals surface area contributed by atoms with Gasteiger partial charge in [-0.15, -0.1) is 11.3 Å². The molecule has 0 unspecified atom stereocenters. The first-order valence-corrected chi connectivity index (χ1v) is 8.63. The van der Waals surface area contributed by atoms with Crippen LogP contribution in [0.1, 0.15) is 30.7 Å². The van der Waals surface area contributed by atoms with Gasteiger partial charge in [-0.25, -0.2) is 4.98 Å². The van der Waals surface area contributed by atoms with Crippen LogP contribution >= 0.6 is 23.1 Å². The lowest BCUT2D eigenvalue weighted by atomic mass is 9.98. The van der Waals surface area contributed by atoms with Crippen LogP contribution < -0.4 is 5.56 Å². The van der Waals surface area contributed by atoms with Crippen molar-refractivity contribution in [1.82, 2.24) is 9.97 Å². The van der Waals surface area contributed by atoms with Crippen LogP contribution in [-0.2, 0) is 6.42 Å². The van der Waals surface area contributed by atoms with Crippen LogP contribution in [0.3, 0.4) is 0 Å². The fraction of sp³-hybridized carbons (Fsp3) is 0.571. The SMILES string of the molecule is CC[C@@H](C)Cc1c(C)sc2nc(SCCO)[nH]c(=O)c12. The van der Waals surface area contributed by atoms with Crippen molar-refractivity contribution in [3.05, 3.63) is 20.8 Å². The van der Waals surface area contributed by atoms with Gasteiger partial charge in [0.1, 0.15) is 4.83 Å². The molecule has 0 radical (unpaired) electrons. The Morgan fingerprint density at radius 2 is 2.25 bits per heavy atom. The lowest BCUT2D eigenvalue weighted by Gasteiger charge is -2.08. The van der Waals surface area contributed by atoms with E-state index in [1.54, 1.807) is 11.3 Å².